The number of ketones is 1. The molecule has 0 saturated heterocycles. The zero-order valence-electron chi connectivity index (χ0n) is 11.1. The molecule has 2 aromatic rings. The summed E-state index contributed by atoms with van der Waals surface area (Å²) in [5.74, 6) is -1.15. The molecule has 2 aromatic carbocycles. The van der Waals surface area contributed by atoms with Gasteiger partial charge in [-0.25, -0.2) is 0 Å². The Labute approximate surface area is 121 Å². The number of hydrogen-bond donors (Lipinski definition) is 1. The second-order valence-electron chi connectivity index (χ2n) is 4.67. The molecule has 3 rings (SSSR count). The van der Waals surface area contributed by atoms with Gasteiger partial charge >= 0.3 is 0 Å². The van der Waals surface area contributed by atoms with Crippen molar-refractivity contribution in [3.05, 3.63) is 65.7 Å². The average Bonchev–Trinajstić information content (AvgIpc) is 2.53. The van der Waals surface area contributed by atoms with Gasteiger partial charge < -0.3 is 10.1 Å². The number of benzene rings is 2. The second kappa shape index (κ2) is 5.20. The van der Waals surface area contributed by atoms with Gasteiger partial charge in [-0.3, -0.25) is 9.59 Å². The number of amides is 1. The summed E-state index contributed by atoms with van der Waals surface area (Å²) in [5, 5.41) is 11.8. The highest BCUT2D eigenvalue weighted by Crippen LogP contribution is 2.28. The molecule has 5 heteroatoms. The van der Waals surface area contributed by atoms with Crippen LogP contribution >= 0.6 is 0 Å². The van der Waals surface area contributed by atoms with E-state index >= 15 is 0 Å². The van der Waals surface area contributed by atoms with Crippen LogP contribution in [0.25, 0.3) is 0 Å². The summed E-state index contributed by atoms with van der Waals surface area (Å²) >= 11 is 0. The smallest absolute Gasteiger partial charge is 0.284 e. The van der Waals surface area contributed by atoms with Crippen LogP contribution in [0.1, 0.15) is 15.9 Å². The molecule has 1 heterocycles. The molecule has 0 aromatic heterocycles. The van der Waals surface area contributed by atoms with Crippen LogP contribution in [0.3, 0.4) is 0 Å². The lowest BCUT2D eigenvalue weighted by Gasteiger charge is -2.28. The molecule has 0 fully saturated rings. The highest BCUT2D eigenvalue weighted by atomic mass is 16.4. The third-order valence-corrected chi connectivity index (χ3v) is 3.39. The second-order valence-corrected chi connectivity index (χ2v) is 4.67. The molecule has 0 radical (unpaired) electrons. The van der Waals surface area contributed by atoms with Crippen LogP contribution in [-0.2, 0) is 11.3 Å². The molecule has 1 N–H and O–H groups in total. The molecule has 5 nitrogen and oxygen atoms in total. The first-order chi connectivity index (χ1) is 10.2. The van der Waals surface area contributed by atoms with Gasteiger partial charge in [-0.1, -0.05) is 47.6 Å². The zero-order valence-corrected chi connectivity index (χ0v) is 11.1. The van der Waals surface area contributed by atoms with Crippen molar-refractivity contribution >= 4 is 23.1 Å². The Morgan fingerprint density at radius 2 is 1.62 bits per heavy atom. The van der Waals surface area contributed by atoms with Gasteiger partial charge in [0.15, 0.2) is 0 Å². The molecule has 0 saturated carbocycles. The van der Waals surface area contributed by atoms with Crippen LogP contribution in [0.4, 0.5) is 5.69 Å². The monoisotopic (exact) mass is 280 g/mol. The lowest BCUT2D eigenvalue weighted by atomic mass is 9.97. The molecular weight excluding hydrogens is 268 g/mol. The molecule has 0 spiro atoms. The fourth-order valence-electron chi connectivity index (χ4n) is 2.37. The predicted molar refractivity (Wildman–Crippen MR) is 77.6 cm³/mol. The minimum Gasteiger partial charge on any atom is -0.410 e. The number of anilines is 1. The van der Waals surface area contributed by atoms with Crippen molar-refractivity contribution < 1.29 is 14.8 Å². The zero-order chi connectivity index (χ0) is 14.8. The Hall–Kier alpha value is -2.95. The standard InChI is InChI=1S/C16H12N2O3/c19-15-12-8-4-5-9-13(12)18(16(20)14(15)17-21)10-11-6-2-1-3-7-11/h1-9,21H,10H2. The highest BCUT2D eigenvalue weighted by molar-refractivity contribution is 6.72. The number of para-hydroxylation sites is 1. The van der Waals surface area contributed by atoms with Gasteiger partial charge in [0.25, 0.3) is 5.91 Å². The molecule has 0 bridgehead atoms. The van der Waals surface area contributed by atoms with Crippen molar-refractivity contribution in [2.45, 2.75) is 6.54 Å². The van der Waals surface area contributed by atoms with E-state index in [0.29, 0.717) is 17.8 Å². The number of Topliss-reactive ketones (excluding diaryl/α,β-unsaturated/α-hetero) is 1. The van der Waals surface area contributed by atoms with Gasteiger partial charge in [0.2, 0.25) is 11.5 Å². The maximum atomic E-state index is 12.3. The maximum Gasteiger partial charge on any atom is 0.284 e. The fourth-order valence-corrected chi connectivity index (χ4v) is 2.37. The van der Waals surface area contributed by atoms with Crippen LogP contribution in [0, 0.1) is 0 Å². The first kappa shape index (κ1) is 13.1. The van der Waals surface area contributed by atoms with Gasteiger partial charge in [0, 0.05) is 5.56 Å². The van der Waals surface area contributed by atoms with E-state index in [2.05, 4.69) is 5.16 Å². The topological polar surface area (TPSA) is 70.0 Å². The van der Waals surface area contributed by atoms with Gasteiger partial charge in [-0.15, -0.1) is 0 Å². The number of oxime groups is 1. The van der Waals surface area contributed by atoms with E-state index in [-0.39, 0.29) is 0 Å². The summed E-state index contributed by atoms with van der Waals surface area (Å²) in [7, 11) is 0. The van der Waals surface area contributed by atoms with Crippen molar-refractivity contribution in [2.75, 3.05) is 4.90 Å². The molecule has 0 aliphatic carbocycles. The number of carbonyl (C=O) groups excluding carboxylic acids is 2. The average molecular weight is 280 g/mol. The van der Waals surface area contributed by atoms with E-state index in [0.717, 1.165) is 5.56 Å². The largest absolute Gasteiger partial charge is 0.410 e. The lowest BCUT2D eigenvalue weighted by molar-refractivity contribution is -0.112. The third-order valence-electron chi connectivity index (χ3n) is 3.39. The molecule has 1 amide bonds. The summed E-state index contributed by atoms with van der Waals surface area (Å²) in [6.07, 6.45) is 0. The summed E-state index contributed by atoms with van der Waals surface area (Å²) < 4.78 is 0. The van der Waals surface area contributed by atoms with Crippen LogP contribution in [-0.4, -0.2) is 22.6 Å². The predicted octanol–water partition coefficient (Wildman–Crippen LogP) is 2.25. The highest BCUT2D eigenvalue weighted by Gasteiger charge is 2.36. The number of carbonyl (C=O) groups is 2. The number of hydrogen-bond acceptors (Lipinski definition) is 4. The number of rotatable bonds is 2. The van der Waals surface area contributed by atoms with E-state index in [1.54, 1.807) is 24.3 Å². The molecule has 1 aliphatic rings. The van der Waals surface area contributed by atoms with E-state index in [1.165, 1.54) is 4.90 Å². The van der Waals surface area contributed by atoms with Gasteiger partial charge in [0.05, 0.1) is 12.2 Å². The Morgan fingerprint density at radius 1 is 0.952 bits per heavy atom. The first-order valence-electron chi connectivity index (χ1n) is 6.44. The minimum atomic E-state index is -0.593. The summed E-state index contributed by atoms with van der Waals surface area (Å²) in [5.41, 5.74) is 1.36. The van der Waals surface area contributed by atoms with Gasteiger partial charge in [0.1, 0.15) is 0 Å². The summed E-state index contributed by atoms with van der Waals surface area (Å²) in [4.78, 5) is 25.9. The molecule has 104 valence electrons. The quantitative estimate of drug-likeness (QED) is 0.677. The Bertz CT molecular complexity index is 738. The van der Waals surface area contributed by atoms with Crippen molar-refractivity contribution in [2.24, 2.45) is 5.16 Å². The van der Waals surface area contributed by atoms with Gasteiger partial charge in [-0.05, 0) is 17.7 Å². The molecule has 0 unspecified atom stereocenters. The Kier molecular flexibility index (Phi) is 3.23. The van der Waals surface area contributed by atoms with E-state index in [9.17, 15) is 9.59 Å². The van der Waals surface area contributed by atoms with Crippen LogP contribution in [0.5, 0.6) is 0 Å². The fraction of sp³-hybridized carbons (Fsp3) is 0.0625. The first-order valence-corrected chi connectivity index (χ1v) is 6.44. The Balaban J connectivity index is 2.08. The van der Waals surface area contributed by atoms with Crippen molar-refractivity contribution in [3.63, 3.8) is 0 Å². The summed E-state index contributed by atoms with van der Waals surface area (Å²) in [6.45, 7) is 0.309. The molecular formula is C16H12N2O3. The SMILES string of the molecule is O=C1C(=NO)C(=O)N(Cc2ccccc2)c2ccccc21. The third kappa shape index (κ3) is 2.18. The van der Waals surface area contributed by atoms with Crippen molar-refractivity contribution in [3.8, 4) is 0 Å². The number of fused-ring (bicyclic) bond motifs is 1. The van der Waals surface area contributed by atoms with Crippen molar-refractivity contribution in [1.29, 1.82) is 0 Å². The van der Waals surface area contributed by atoms with E-state index < -0.39 is 17.4 Å². The molecule has 0 atom stereocenters. The van der Waals surface area contributed by atoms with Gasteiger partial charge in [-0.2, -0.15) is 0 Å². The van der Waals surface area contributed by atoms with E-state index in [4.69, 9.17) is 5.21 Å². The van der Waals surface area contributed by atoms with E-state index in [1.807, 2.05) is 30.3 Å². The molecule has 21 heavy (non-hydrogen) atoms. The lowest BCUT2D eigenvalue weighted by Crippen LogP contribution is -2.44. The van der Waals surface area contributed by atoms with Crippen LogP contribution in [0.2, 0.25) is 0 Å². The molecule has 1 aliphatic heterocycles. The van der Waals surface area contributed by atoms with Crippen molar-refractivity contribution in [1.82, 2.24) is 0 Å². The number of nitrogens with zero attached hydrogens (tertiary/aromatic N) is 2. The minimum absolute atomic E-state index is 0.309. The summed E-state index contributed by atoms with van der Waals surface area (Å²) in [6, 6.07) is 16.2. The van der Waals surface area contributed by atoms with Crippen LogP contribution < -0.4 is 4.90 Å². The normalized spacial score (nSPS) is 16.2. The van der Waals surface area contributed by atoms with Crippen LogP contribution in [0.15, 0.2) is 59.8 Å². The maximum absolute atomic E-state index is 12.3. The Morgan fingerprint density at radius 3 is 2.33 bits per heavy atom.